The summed E-state index contributed by atoms with van der Waals surface area (Å²) in [7, 11) is 0. The van der Waals surface area contributed by atoms with Crippen molar-refractivity contribution in [3.05, 3.63) is 88.4 Å². The van der Waals surface area contributed by atoms with Gasteiger partial charge in [0, 0.05) is 36.0 Å². The number of piperazine rings is 1. The number of anilines is 3. The number of hydrogen-bond acceptors (Lipinski definition) is 5. The molecule has 9 heteroatoms. The van der Waals surface area contributed by atoms with Crippen molar-refractivity contribution in [2.75, 3.05) is 34.3 Å². The average Bonchev–Trinajstić information content (AvgIpc) is 2.89. The normalized spacial score (nSPS) is 23.4. The van der Waals surface area contributed by atoms with Gasteiger partial charge in [0.2, 0.25) is 5.91 Å². The maximum Gasteiger partial charge on any atom is 0.335 e. The fourth-order valence-corrected chi connectivity index (χ4v) is 6.07. The lowest BCUT2D eigenvalue weighted by Crippen LogP contribution is -2.75. The molecule has 0 aliphatic carbocycles. The number of barbiturate groups is 1. The largest absolute Gasteiger partial charge is 0.368 e. The average molecular weight is 521 g/mol. The predicted molar refractivity (Wildman–Crippen MR) is 140 cm³/mol. The number of rotatable bonds is 2. The minimum Gasteiger partial charge on any atom is -0.368 e. The van der Waals surface area contributed by atoms with Crippen LogP contribution < -0.4 is 20.0 Å². The van der Waals surface area contributed by atoms with Crippen molar-refractivity contribution in [2.45, 2.75) is 12.5 Å². The highest BCUT2D eigenvalue weighted by atomic mass is 35.5. The van der Waals surface area contributed by atoms with Crippen LogP contribution in [0.3, 0.4) is 0 Å². The van der Waals surface area contributed by atoms with Gasteiger partial charge in [-0.25, -0.2) is 9.69 Å². The van der Waals surface area contributed by atoms with Crippen molar-refractivity contribution < 1.29 is 14.4 Å². The zero-order valence-electron chi connectivity index (χ0n) is 19.2. The highest BCUT2D eigenvalue weighted by molar-refractivity contribution is 6.39. The van der Waals surface area contributed by atoms with Gasteiger partial charge in [-0.2, -0.15) is 0 Å². The second-order valence-corrected chi connectivity index (χ2v) is 10.1. The van der Waals surface area contributed by atoms with Gasteiger partial charge in [-0.15, -0.1) is 0 Å². The Kier molecular flexibility index (Phi) is 5.43. The molecule has 0 bridgehead atoms. The van der Waals surface area contributed by atoms with Gasteiger partial charge in [-0.05, 0) is 48.4 Å². The van der Waals surface area contributed by atoms with Crippen molar-refractivity contribution in [1.82, 2.24) is 5.32 Å². The van der Waals surface area contributed by atoms with Crippen LogP contribution in [0.5, 0.6) is 0 Å². The van der Waals surface area contributed by atoms with Gasteiger partial charge in [0.05, 0.1) is 16.8 Å². The Morgan fingerprint density at radius 1 is 0.861 bits per heavy atom. The number of amides is 4. The molecule has 3 aromatic rings. The third-order valence-corrected chi connectivity index (χ3v) is 7.96. The quantitative estimate of drug-likeness (QED) is 0.503. The number of halogens is 2. The van der Waals surface area contributed by atoms with Gasteiger partial charge in [-0.1, -0.05) is 59.6 Å². The molecule has 0 aromatic heterocycles. The van der Waals surface area contributed by atoms with Crippen molar-refractivity contribution in [1.29, 1.82) is 0 Å². The summed E-state index contributed by atoms with van der Waals surface area (Å²) in [6.45, 7) is 1.77. The summed E-state index contributed by atoms with van der Waals surface area (Å²) in [5.74, 6) is -1.19. The molecule has 6 rings (SSSR count). The molecule has 4 amide bonds. The first-order chi connectivity index (χ1) is 17.4. The van der Waals surface area contributed by atoms with E-state index in [4.69, 9.17) is 23.2 Å². The number of urea groups is 1. The van der Waals surface area contributed by atoms with E-state index in [9.17, 15) is 14.4 Å². The molecule has 36 heavy (non-hydrogen) atoms. The lowest BCUT2D eigenvalue weighted by molar-refractivity contribution is -0.144. The second kappa shape index (κ2) is 8.54. The van der Waals surface area contributed by atoms with Crippen LogP contribution in [0.15, 0.2) is 72.8 Å². The van der Waals surface area contributed by atoms with Crippen LogP contribution in [-0.4, -0.2) is 43.5 Å². The first-order valence-corrected chi connectivity index (χ1v) is 12.5. The Morgan fingerprint density at radius 2 is 1.61 bits per heavy atom. The Bertz CT molecular complexity index is 1400. The molecule has 3 aliphatic rings. The molecule has 3 heterocycles. The predicted octanol–water partition coefficient (Wildman–Crippen LogP) is 4.51. The molecular formula is C27H22Cl2N4O3. The Balaban J connectivity index is 1.50. The highest BCUT2D eigenvalue weighted by Crippen LogP contribution is 2.47. The van der Waals surface area contributed by atoms with Crippen LogP contribution in [-0.2, 0) is 16.0 Å². The van der Waals surface area contributed by atoms with Gasteiger partial charge >= 0.3 is 6.03 Å². The zero-order chi connectivity index (χ0) is 25.0. The molecule has 2 fully saturated rings. The topological polar surface area (TPSA) is 73.0 Å². The summed E-state index contributed by atoms with van der Waals surface area (Å²) in [4.78, 5) is 46.5. The van der Waals surface area contributed by atoms with E-state index in [0.29, 0.717) is 18.1 Å². The number of carbonyl (C=O) groups excluding carboxylic acids is 3. The van der Waals surface area contributed by atoms with E-state index in [1.54, 1.807) is 6.07 Å². The Morgan fingerprint density at radius 3 is 2.42 bits per heavy atom. The first-order valence-electron chi connectivity index (χ1n) is 11.7. The van der Waals surface area contributed by atoms with Crippen LogP contribution in [0.4, 0.5) is 21.9 Å². The van der Waals surface area contributed by atoms with Crippen molar-refractivity contribution in [3.8, 4) is 0 Å². The number of nitrogens with zero attached hydrogens (tertiary/aromatic N) is 3. The van der Waals surface area contributed by atoms with E-state index in [1.807, 2.05) is 54.6 Å². The Labute approximate surface area is 218 Å². The standard InChI is InChI=1S/C27H22Cl2N4O3/c28-18-10-11-20(29)22(14-18)33-25(35)27(24(34)30-26(33)36)15-17-6-4-5-9-21(17)32-13-12-31(16-23(27)32)19-7-2-1-3-8-19/h1-11,14,23H,12-13,15-16H2,(H,30,34,36)/t23-,27+/m1/s1. The number of imide groups is 2. The summed E-state index contributed by atoms with van der Waals surface area (Å²) in [6.07, 6.45) is 0.166. The summed E-state index contributed by atoms with van der Waals surface area (Å²) < 4.78 is 0. The fourth-order valence-electron chi connectivity index (χ4n) is 5.70. The van der Waals surface area contributed by atoms with E-state index in [0.717, 1.165) is 28.4 Å². The molecule has 0 radical (unpaired) electrons. The van der Waals surface area contributed by atoms with Crippen LogP contribution in [0.1, 0.15) is 5.56 Å². The molecule has 182 valence electrons. The van der Waals surface area contributed by atoms with E-state index in [1.165, 1.54) is 12.1 Å². The molecule has 7 nitrogen and oxygen atoms in total. The number of hydrogen-bond donors (Lipinski definition) is 1. The maximum absolute atomic E-state index is 14.4. The minimum absolute atomic E-state index is 0.152. The molecular weight excluding hydrogens is 499 g/mol. The molecule has 2 saturated heterocycles. The summed E-state index contributed by atoms with van der Waals surface area (Å²) in [5.41, 5.74) is 1.52. The van der Waals surface area contributed by atoms with Crippen molar-refractivity contribution in [3.63, 3.8) is 0 Å². The molecule has 0 saturated carbocycles. The number of carbonyl (C=O) groups is 3. The summed E-state index contributed by atoms with van der Waals surface area (Å²) >= 11 is 12.6. The van der Waals surface area contributed by atoms with E-state index < -0.39 is 29.3 Å². The number of benzene rings is 3. The summed E-state index contributed by atoms with van der Waals surface area (Å²) in [6, 6.07) is 21.0. The Hall–Kier alpha value is -3.55. The molecule has 1 N–H and O–H groups in total. The molecule has 1 spiro atoms. The lowest BCUT2D eigenvalue weighted by Gasteiger charge is -2.55. The van der Waals surface area contributed by atoms with Gasteiger partial charge < -0.3 is 9.80 Å². The molecule has 3 aromatic carbocycles. The summed E-state index contributed by atoms with van der Waals surface area (Å²) in [5, 5.41) is 2.98. The zero-order valence-corrected chi connectivity index (χ0v) is 20.7. The van der Waals surface area contributed by atoms with Gasteiger partial charge in [0.15, 0.2) is 5.41 Å². The smallest absolute Gasteiger partial charge is 0.335 e. The highest BCUT2D eigenvalue weighted by Gasteiger charge is 2.63. The number of fused-ring (bicyclic) bond motifs is 4. The van der Waals surface area contributed by atoms with Crippen LogP contribution in [0, 0.1) is 5.41 Å². The van der Waals surface area contributed by atoms with Gasteiger partial charge in [-0.3, -0.25) is 14.9 Å². The number of para-hydroxylation sites is 2. The van der Waals surface area contributed by atoms with Gasteiger partial charge in [0.25, 0.3) is 5.91 Å². The maximum atomic E-state index is 14.4. The van der Waals surface area contributed by atoms with E-state index >= 15 is 0 Å². The molecule has 2 atom stereocenters. The van der Waals surface area contributed by atoms with E-state index in [2.05, 4.69) is 15.1 Å². The van der Waals surface area contributed by atoms with Crippen LogP contribution in [0.25, 0.3) is 0 Å². The van der Waals surface area contributed by atoms with Crippen molar-refractivity contribution >= 4 is 58.1 Å². The van der Waals surface area contributed by atoms with Crippen LogP contribution in [0.2, 0.25) is 10.0 Å². The fraction of sp³-hybridized carbons (Fsp3) is 0.222. The third kappa shape index (κ3) is 3.38. The SMILES string of the molecule is O=C1NC(=O)[C@@]2(Cc3ccccc3N3CCN(c4ccccc4)C[C@@H]32)C(=O)N1c1cc(Cl)ccc1Cl. The van der Waals surface area contributed by atoms with E-state index in [-0.39, 0.29) is 17.1 Å². The van der Waals surface area contributed by atoms with Crippen molar-refractivity contribution in [2.24, 2.45) is 5.41 Å². The third-order valence-electron chi connectivity index (χ3n) is 7.40. The monoisotopic (exact) mass is 520 g/mol. The second-order valence-electron chi connectivity index (χ2n) is 9.26. The molecule has 0 unspecified atom stereocenters. The van der Waals surface area contributed by atoms with Gasteiger partial charge in [0.1, 0.15) is 0 Å². The first kappa shape index (κ1) is 22.9. The number of nitrogens with one attached hydrogen (secondary N) is 1. The van der Waals surface area contributed by atoms with Crippen LogP contribution >= 0.6 is 23.2 Å². The minimum atomic E-state index is -1.54. The molecule has 3 aliphatic heterocycles. The lowest BCUT2D eigenvalue weighted by atomic mass is 9.67.